The molecule has 0 saturated heterocycles. The number of rotatable bonds is 5. The smallest absolute Gasteiger partial charge is 0.229 e. The van der Waals surface area contributed by atoms with Crippen LogP contribution in [0.4, 0.5) is 11.4 Å². The third-order valence-corrected chi connectivity index (χ3v) is 2.84. The number of sulfonamides is 1. The van der Waals surface area contributed by atoms with E-state index in [-0.39, 0.29) is 18.4 Å². The SMILES string of the molecule is CC(CN)C(=O)Nc1cccc(NS(C)(=O)=O)c1. The van der Waals surface area contributed by atoms with Crippen molar-refractivity contribution < 1.29 is 13.2 Å². The van der Waals surface area contributed by atoms with Crippen LogP contribution in [-0.4, -0.2) is 27.1 Å². The van der Waals surface area contributed by atoms with Gasteiger partial charge in [-0.1, -0.05) is 13.0 Å². The summed E-state index contributed by atoms with van der Waals surface area (Å²) < 4.78 is 24.5. The minimum absolute atomic E-state index is 0.200. The molecular formula is C11H17N3O3S. The number of carbonyl (C=O) groups excluding carboxylic acids is 1. The van der Waals surface area contributed by atoms with E-state index in [2.05, 4.69) is 10.0 Å². The zero-order valence-electron chi connectivity index (χ0n) is 10.3. The van der Waals surface area contributed by atoms with Crippen molar-refractivity contribution in [1.82, 2.24) is 0 Å². The van der Waals surface area contributed by atoms with Crippen LogP contribution in [-0.2, 0) is 14.8 Å². The van der Waals surface area contributed by atoms with Gasteiger partial charge in [-0.25, -0.2) is 8.42 Å². The fourth-order valence-electron chi connectivity index (χ4n) is 1.25. The van der Waals surface area contributed by atoms with E-state index in [1.807, 2.05) is 0 Å². The summed E-state index contributed by atoms with van der Waals surface area (Å²) in [7, 11) is -3.33. The second kappa shape index (κ2) is 5.83. The van der Waals surface area contributed by atoms with Crippen LogP contribution < -0.4 is 15.8 Å². The Morgan fingerprint density at radius 2 is 2.00 bits per heavy atom. The first-order valence-corrected chi connectivity index (χ1v) is 7.30. The lowest BCUT2D eigenvalue weighted by Gasteiger charge is -2.11. The Bertz CT molecular complexity index is 528. The fraction of sp³-hybridized carbons (Fsp3) is 0.364. The summed E-state index contributed by atoms with van der Waals surface area (Å²) >= 11 is 0. The van der Waals surface area contributed by atoms with E-state index in [1.54, 1.807) is 31.2 Å². The molecule has 1 atom stereocenters. The molecule has 1 unspecified atom stereocenters. The van der Waals surface area contributed by atoms with Crippen molar-refractivity contribution in [3.05, 3.63) is 24.3 Å². The number of amides is 1. The lowest BCUT2D eigenvalue weighted by atomic mass is 10.1. The zero-order valence-corrected chi connectivity index (χ0v) is 11.1. The van der Waals surface area contributed by atoms with Crippen LogP contribution in [0.1, 0.15) is 6.92 Å². The van der Waals surface area contributed by atoms with E-state index in [4.69, 9.17) is 5.73 Å². The lowest BCUT2D eigenvalue weighted by Crippen LogP contribution is -2.26. The third kappa shape index (κ3) is 4.72. The summed E-state index contributed by atoms with van der Waals surface area (Å²) in [6.07, 6.45) is 1.06. The summed E-state index contributed by atoms with van der Waals surface area (Å²) in [4.78, 5) is 11.6. The molecule has 18 heavy (non-hydrogen) atoms. The van der Waals surface area contributed by atoms with Crippen molar-refractivity contribution in [3.8, 4) is 0 Å². The first kappa shape index (κ1) is 14.5. The van der Waals surface area contributed by atoms with Crippen LogP contribution >= 0.6 is 0 Å². The summed E-state index contributed by atoms with van der Waals surface area (Å²) in [6.45, 7) is 1.97. The highest BCUT2D eigenvalue weighted by Crippen LogP contribution is 2.16. The van der Waals surface area contributed by atoms with E-state index in [9.17, 15) is 13.2 Å². The molecule has 1 amide bonds. The molecule has 0 spiro atoms. The highest BCUT2D eigenvalue weighted by atomic mass is 32.2. The van der Waals surface area contributed by atoms with Crippen molar-refractivity contribution in [2.75, 3.05) is 22.8 Å². The standard InChI is InChI=1S/C11H17N3O3S/c1-8(7-12)11(15)13-9-4-3-5-10(6-9)14-18(2,16)17/h3-6,8,14H,7,12H2,1-2H3,(H,13,15). The van der Waals surface area contributed by atoms with E-state index >= 15 is 0 Å². The summed E-state index contributed by atoms with van der Waals surface area (Å²) in [6, 6.07) is 6.47. The molecule has 0 aliphatic rings. The Hall–Kier alpha value is -1.60. The molecule has 0 fully saturated rings. The molecule has 4 N–H and O–H groups in total. The monoisotopic (exact) mass is 271 g/mol. The first-order chi connectivity index (χ1) is 8.31. The molecule has 0 aromatic heterocycles. The average molecular weight is 271 g/mol. The van der Waals surface area contributed by atoms with E-state index < -0.39 is 10.0 Å². The predicted molar refractivity (Wildman–Crippen MR) is 71.8 cm³/mol. The van der Waals surface area contributed by atoms with Gasteiger partial charge in [-0.15, -0.1) is 0 Å². The van der Waals surface area contributed by atoms with Crippen LogP contribution in [0.3, 0.4) is 0 Å². The number of hydrogen-bond acceptors (Lipinski definition) is 4. The molecule has 0 aliphatic carbocycles. The number of anilines is 2. The molecule has 1 aromatic carbocycles. The Balaban J connectivity index is 2.80. The van der Waals surface area contributed by atoms with Gasteiger partial charge in [-0.3, -0.25) is 9.52 Å². The number of nitrogens with one attached hydrogen (secondary N) is 2. The second-order valence-electron chi connectivity index (χ2n) is 4.08. The highest BCUT2D eigenvalue weighted by Gasteiger charge is 2.11. The van der Waals surface area contributed by atoms with Gasteiger partial charge >= 0.3 is 0 Å². The van der Waals surface area contributed by atoms with Gasteiger partial charge < -0.3 is 11.1 Å². The summed E-state index contributed by atoms with van der Waals surface area (Å²) in [5.74, 6) is -0.495. The van der Waals surface area contributed by atoms with Gasteiger partial charge in [0.05, 0.1) is 11.9 Å². The minimum atomic E-state index is -3.33. The van der Waals surface area contributed by atoms with Gasteiger partial charge in [-0.05, 0) is 18.2 Å². The van der Waals surface area contributed by atoms with Crippen molar-refractivity contribution in [2.45, 2.75) is 6.92 Å². The van der Waals surface area contributed by atoms with Crippen LogP contribution in [0.15, 0.2) is 24.3 Å². The molecule has 0 aliphatic heterocycles. The maximum atomic E-state index is 11.6. The van der Waals surface area contributed by atoms with Crippen LogP contribution in [0.2, 0.25) is 0 Å². The first-order valence-electron chi connectivity index (χ1n) is 5.40. The summed E-state index contributed by atoms with van der Waals surface area (Å²) in [5, 5.41) is 2.67. The molecule has 1 rings (SSSR count). The fourth-order valence-corrected chi connectivity index (χ4v) is 1.80. The maximum absolute atomic E-state index is 11.6. The van der Waals surface area contributed by atoms with Crippen LogP contribution in [0.25, 0.3) is 0 Å². The number of carbonyl (C=O) groups is 1. The molecule has 7 heteroatoms. The number of nitrogens with two attached hydrogens (primary N) is 1. The Morgan fingerprint density at radius 1 is 1.39 bits per heavy atom. The number of hydrogen-bond donors (Lipinski definition) is 3. The second-order valence-corrected chi connectivity index (χ2v) is 5.83. The molecule has 0 radical (unpaired) electrons. The van der Waals surface area contributed by atoms with Gasteiger partial charge in [-0.2, -0.15) is 0 Å². The van der Waals surface area contributed by atoms with Crippen molar-refractivity contribution in [2.24, 2.45) is 11.7 Å². The topological polar surface area (TPSA) is 101 Å². The minimum Gasteiger partial charge on any atom is -0.330 e. The molecule has 0 bridgehead atoms. The molecule has 1 aromatic rings. The van der Waals surface area contributed by atoms with Crippen LogP contribution in [0.5, 0.6) is 0 Å². The van der Waals surface area contributed by atoms with E-state index in [0.717, 1.165) is 6.26 Å². The van der Waals surface area contributed by atoms with Gasteiger partial charge in [0.1, 0.15) is 0 Å². The lowest BCUT2D eigenvalue weighted by molar-refractivity contribution is -0.119. The van der Waals surface area contributed by atoms with E-state index in [1.165, 1.54) is 0 Å². The molecule has 6 nitrogen and oxygen atoms in total. The van der Waals surface area contributed by atoms with Crippen molar-refractivity contribution in [1.29, 1.82) is 0 Å². The normalized spacial score (nSPS) is 12.8. The van der Waals surface area contributed by atoms with Gasteiger partial charge in [0.15, 0.2) is 0 Å². The molecule has 100 valence electrons. The Kier molecular flexibility index (Phi) is 4.69. The maximum Gasteiger partial charge on any atom is 0.229 e. The van der Waals surface area contributed by atoms with Crippen LogP contribution in [0, 0.1) is 5.92 Å². The van der Waals surface area contributed by atoms with Crippen molar-refractivity contribution in [3.63, 3.8) is 0 Å². The zero-order chi connectivity index (χ0) is 13.8. The third-order valence-electron chi connectivity index (χ3n) is 2.23. The Labute approximate surface area is 107 Å². The van der Waals surface area contributed by atoms with E-state index in [0.29, 0.717) is 11.4 Å². The largest absolute Gasteiger partial charge is 0.330 e. The molecule has 0 heterocycles. The Morgan fingerprint density at radius 3 is 2.56 bits per heavy atom. The van der Waals surface area contributed by atoms with Gasteiger partial charge in [0, 0.05) is 18.2 Å². The van der Waals surface area contributed by atoms with Gasteiger partial charge in [0.25, 0.3) is 0 Å². The molecular weight excluding hydrogens is 254 g/mol. The predicted octanol–water partition coefficient (Wildman–Crippen LogP) is 0.591. The number of benzene rings is 1. The highest BCUT2D eigenvalue weighted by molar-refractivity contribution is 7.92. The van der Waals surface area contributed by atoms with Gasteiger partial charge in [0.2, 0.25) is 15.9 Å². The summed E-state index contributed by atoms with van der Waals surface area (Å²) in [5.41, 5.74) is 6.31. The van der Waals surface area contributed by atoms with Crippen molar-refractivity contribution >= 4 is 27.3 Å². The molecule has 0 saturated carbocycles. The average Bonchev–Trinajstić information content (AvgIpc) is 2.26. The quantitative estimate of drug-likeness (QED) is 0.729.